The van der Waals surface area contributed by atoms with Gasteiger partial charge in [0.05, 0.1) is 11.3 Å². The third-order valence-electron chi connectivity index (χ3n) is 3.87. The third-order valence-corrected chi connectivity index (χ3v) is 3.87. The first-order valence-electron chi connectivity index (χ1n) is 7.15. The number of hydrogen-bond donors (Lipinski definition) is 1. The first kappa shape index (κ1) is 16.8. The van der Waals surface area contributed by atoms with Crippen LogP contribution in [0.25, 0.3) is 0 Å². The zero-order chi connectivity index (χ0) is 17.5. The van der Waals surface area contributed by atoms with Crippen molar-refractivity contribution in [3.8, 4) is 0 Å². The lowest BCUT2D eigenvalue weighted by Gasteiger charge is -2.14. The average molecular weight is 349 g/mol. The predicted octanol–water partition coefficient (Wildman–Crippen LogP) is 3.91. The highest BCUT2D eigenvalue weighted by atomic mass is 19.4. The van der Waals surface area contributed by atoms with Crippen LogP contribution in [0, 0.1) is 5.82 Å². The number of alkyl halides is 5. The molecule has 1 heterocycles. The molecule has 1 aliphatic rings. The Labute approximate surface area is 133 Å². The molecule has 1 atom stereocenters. The zero-order valence-corrected chi connectivity index (χ0v) is 12.2. The summed E-state index contributed by atoms with van der Waals surface area (Å²) in [6.45, 7) is -0.383. The number of aromatic nitrogens is 2. The Morgan fingerprint density at radius 1 is 1.21 bits per heavy atom. The number of nitrogens with zero attached hydrogens (tertiary/aromatic N) is 2. The molecule has 1 aliphatic carbocycles. The van der Waals surface area contributed by atoms with E-state index >= 15 is 0 Å². The summed E-state index contributed by atoms with van der Waals surface area (Å²) in [7, 11) is 0. The zero-order valence-electron chi connectivity index (χ0n) is 12.2. The summed E-state index contributed by atoms with van der Waals surface area (Å²) in [6.07, 6.45) is -3.64. The van der Waals surface area contributed by atoms with Crippen LogP contribution in [-0.2, 0) is 19.3 Å². The fourth-order valence-corrected chi connectivity index (χ4v) is 2.55. The smallest absolute Gasteiger partial charge is 0.307 e. The molecule has 0 amide bonds. The molecular formula is C15H13F6N3. The first-order chi connectivity index (χ1) is 11.2. The van der Waals surface area contributed by atoms with Crippen LogP contribution in [0.3, 0.4) is 0 Å². The summed E-state index contributed by atoms with van der Waals surface area (Å²) in [5.74, 6) is -3.78. The van der Waals surface area contributed by atoms with E-state index in [0.717, 1.165) is 22.9 Å². The predicted molar refractivity (Wildman–Crippen MR) is 72.8 cm³/mol. The fraction of sp³-hybridized carbons (Fsp3) is 0.400. The summed E-state index contributed by atoms with van der Waals surface area (Å²) in [5.41, 5.74) is -1.16. The second-order valence-electron chi connectivity index (χ2n) is 5.62. The molecule has 3 rings (SSSR count). The number of nitrogens with one attached hydrogen (secondary N) is 1. The summed E-state index contributed by atoms with van der Waals surface area (Å²) in [4.78, 5) is 0. The van der Waals surface area contributed by atoms with Crippen molar-refractivity contribution >= 4 is 0 Å². The topological polar surface area (TPSA) is 29.9 Å². The van der Waals surface area contributed by atoms with Crippen LogP contribution < -0.4 is 5.32 Å². The summed E-state index contributed by atoms with van der Waals surface area (Å²) in [6, 6.07) is 3.21. The Balaban J connectivity index is 1.69. The molecule has 1 unspecified atom stereocenters. The highest BCUT2D eigenvalue weighted by Gasteiger charge is 2.59. The minimum atomic E-state index is -4.67. The molecule has 1 fully saturated rings. The fourth-order valence-electron chi connectivity index (χ4n) is 2.55. The van der Waals surface area contributed by atoms with Gasteiger partial charge in [-0.2, -0.15) is 18.3 Å². The molecule has 130 valence electrons. The van der Waals surface area contributed by atoms with E-state index in [0.29, 0.717) is 5.69 Å². The van der Waals surface area contributed by atoms with Crippen LogP contribution in [0.2, 0.25) is 0 Å². The molecular weight excluding hydrogens is 336 g/mol. The quantitative estimate of drug-likeness (QED) is 0.830. The molecule has 9 heteroatoms. The lowest BCUT2D eigenvalue weighted by Crippen LogP contribution is -2.20. The Morgan fingerprint density at radius 2 is 1.92 bits per heavy atom. The van der Waals surface area contributed by atoms with E-state index in [9.17, 15) is 26.3 Å². The van der Waals surface area contributed by atoms with Crippen molar-refractivity contribution < 1.29 is 26.3 Å². The molecule has 0 aliphatic heterocycles. The van der Waals surface area contributed by atoms with Crippen LogP contribution in [0.15, 0.2) is 30.5 Å². The van der Waals surface area contributed by atoms with Crippen molar-refractivity contribution in [2.24, 2.45) is 0 Å². The SMILES string of the molecule is Fc1cccc(C(F)(F)F)c1CNCc1ccnn1C1CC1(F)F. The summed E-state index contributed by atoms with van der Waals surface area (Å²) >= 11 is 0. The van der Waals surface area contributed by atoms with Gasteiger partial charge >= 0.3 is 6.18 Å². The lowest BCUT2D eigenvalue weighted by molar-refractivity contribution is -0.138. The van der Waals surface area contributed by atoms with Crippen molar-refractivity contribution in [3.63, 3.8) is 0 Å². The van der Waals surface area contributed by atoms with Gasteiger partial charge in [-0.15, -0.1) is 0 Å². The highest BCUT2D eigenvalue weighted by molar-refractivity contribution is 5.31. The molecule has 0 radical (unpaired) electrons. The van der Waals surface area contributed by atoms with E-state index in [4.69, 9.17) is 0 Å². The van der Waals surface area contributed by atoms with Crippen molar-refractivity contribution in [1.29, 1.82) is 0 Å². The van der Waals surface area contributed by atoms with Gasteiger partial charge in [0.2, 0.25) is 0 Å². The molecule has 3 nitrogen and oxygen atoms in total. The van der Waals surface area contributed by atoms with Gasteiger partial charge in [-0.3, -0.25) is 4.68 Å². The van der Waals surface area contributed by atoms with E-state index in [-0.39, 0.29) is 19.5 Å². The lowest BCUT2D eigenvalue weighted by atomic mass is 10.1. The van der Waals surface area contributed by atoms with Crippen LogP contribution >= 0.6 is 0 Å². The molecule has 1 aromatic heterocycles. The van der Waals surface area contributed by atoms with Crippen molar-refractivity contribution in [2.45, 2.75) is 37.7 Å². The Bertz CT molecular complexity index is 737. The molecule has 2 aromatic rings. The largest absolute Gasteiger partial charge is 0.416 e. The molecule has 24 heavy (non-hydrogen) atoms. The molecule has 0 spiro atoms. The maximum Gasteiger partial charge on any atom is 0.416 e. The molecule has 0 bridgehead atoms. The molecule has 1 N–H and O–H groups in total. The van der Waals surface area contributed by atoms with Crippen LogP contribution in [0.5, 0.6) is 0 Å². The van der Waals surface area contributed by atoms with E-state index in [1.54, 1.807) is 0 Å². The molecule has 1 aromatic carbocycles. The van der Waals surface area contributed by atoms with Gasteiger partial charge in [0.1, 0.15) is 11.9 Å². The van der Waals surface area contributed by atoms with Gasteiger partial charge in [0.15, 0.2) is 0 Å². The van der Waals surface area contributed by atoms with Crippen molar-refractivity contribution in [2.75, 3.05) is 0 Å². The first-order valence-corrected chi connectivity index (χ1v) is 7.15. The Morgan fingerprint density at radius 3 is 2.54 bits per heavy atom. The number of rotatable bonds is 5. The van der Waals surface area contributed by atoms with Gasteiger partial charge in [0, 0.05) is 31.3 Å². The Kier molecular flexibility index (Phi) is 4.06. The minimum Gasteiger partial charge on any atom is -0.307 e. The van der Waals surface area contributed by atoms with E-state index < -0.39 is 35.1 Å². The second kappa shape index (κ2) is 5.80. The monoisotopic (exact) mass is 349 g/mol. The van der Waals surface area contributed by atoms with Crippen LogP contribution in [-0.4, -0.2) is 15.7 Å². The van der Waals surface area contributed by atoms with E-state index in [1.807, 2.05) is 0 Å². The van der Waals surface area contributed by atoms with Crippen LogP contribution in [0.4, 0.5) is 26.3 Å². The minimum absolute atomic E-state index is 0.00177. The van der Waals surface area contributed by atoms with Gasteiger partial charge < -0.3 is 5.32 Å². The summed E-state index contributed by atoms with van der Waals surface area (Å²) in [5, 5.41) is 6.48. The van der Waals surface area contributed by atoms with Gasteiger partial charge in [-0.1, -0.05) is 6.07 Å². The van der Waals surface area contributed by atoms with Gasteiger partial charge in [-0.05, 0) is 18.2 Å². The average Bonchev–Trinajstić information content (AvgIpc) is 2.91. The molecule has 1 saturated carbocycles. The highest BCUT2D eigenvalue weighted by Crippen LogP contribution is 2.52. The van der Waals surface area contributed by atoms with Crippen molar-refractivity contribution in [3.05, 3.63) is 53.1 Å². The summed E-state index contributed by atoms with van der Waals surface area (Å²) < 4.78 is 79.8. The number of halogens is 6. The second-order valence-corrected chi connectivity index (χ2v) is 5.62. The van der Waals surface area contributed by atoms with Gasteiger partial charge in [0.25, 0.3) is 5.92 Å². The molecule has 0 saturated heterocycles. The number of benzene rings is 1. The van der Waals surface area contributed by atoms with Crippen LogP contribution in [0.1, 0.15) is 29.3 Å². The maximum atomic E-state index is 13.7. The van der Waals surface area contributed by atoms with E-state index in [1.165, 1.54) is 12.3 Å². The number of hydrogen-bond acceptors (Lipinski definition) is 2. The maximum absolute atomic E-state index is 13.7. The normalized spacial score (nSPS) is 19.5. The van der Waals surface area contributed by atoms with Crippen molar-refractivity contribution in [1.82, 2.24) is 15.1 Å². The van der Waals surface area contributed by atoms with Gasteiger partial charge in [-0.25, -0.2) is 13.2 Å². The van der Waals surface area contributed by atoms with E-state index in [2.05, 4.69) is 10.4 Å². The third kappa shape index (κ3) is 3.26. The standard InChI is InChI=1S/C15H13F6N3/c16-12-3-1-2-11(15(19,20)21)10(12)8-22-7-9-4-5-23-24(9)13-6-14(13,17)18/h1-5,13,22H,6-8H2. The Hall–Kier alpha value is -2.03.